The van der Waals surface area contributed by atoms with E-state index in [1.807, 2.05) is 6.07 Å². The third-order valence-electron chi connectivity index (χ3n) is 4.87. The zero-order valence-electron chi connectivity index (χ0n) is 15.8. The molecule has 0 aliphatic carbocycles. The molecule has 3 heterocycles. The van der Waals surface area contributed by atoms with Gasteiger partial charge in [-0.1, -0.05) is 0 Å². The van der Waals surface area contributed by atoms with Crippen LogP contribution in [0.5, 0.6) is 0 Å². The van der Waals surface area contributed by atoms with Gasteiger partial charge in [0.2, 0.25) is 12.3 Å². The molecule has 2 amide bonds. The van der Waals surface area contributed by atoms with Crippen molar-refractivity contribution in [2.45, 2.75) is 26.0 Å². The number of ether oxygens (including phenoxy) is 1. The Morgan fingerprint density at radius 1 is 1.45 bits per heavy atom. The fourth-order valence-corrected chi connectivity index (χ4v) is 3.54. The Balaban J connectivity index is 1.60. The number of nitrogens with one attached hydrogen (secondary N) is 2. The fraction of sp³-hybridized carbons (Fsp3) is 0.368. The highest BCUT2D eigenvalue weighted by Crippen LogP contribution is 2.30. The quantitative estimate of drug-likeness (QED) is 0.668. The summed E-state index contributed by atoms with van der Waals surface area (Å²) in [6.45, 7) is 3.24. The average Bonchev–Trinajstić information content (AvgIpc) is 3.30. The maximum absolute atomic E-state index is 12.9. The first-order valence-electron chi connectivity index (χ1n) is 9.21. The van der Waals surface area contributed by atoms with Crippen molar-refractivity contribution in [3.8, 4) is 17.3 Å². The van der Waals surface area contributed by atoms with Crippen molar-refractivity contribution in [2.75, 3.05) is 25.0 Å². The standard InChI is InChI=1S/C19H20N6O4/c1-11(26)22-15-6-12(8-20)2-3-14(15)16-7-17-18(27)24(4-5-25(17)23-16)10-13-9-21-19(28)29-13/h2-3,6-7,13,19,21,28H,4-5,9-10H2,1H3,(H,22,26)/t13-,19?/m1/s1. The number of aromatic nitrogens is 2. The number of amides is 2. The highest BCUT2D eigenvalue weighted by Gasteiger charge is 2.31. The number of fused-ring (bicyclic) bond motifs is 1. The van der Waals surface area contributed by atoms with Gasteiger partial charge in [-0.3, -0.25) is 19.6 Å². The molecule has 3 N–H and O–H groups in total. The van der Waals surface area contributed by atoms with Crippen molar-refractivity contribution < 1.29 is 19.4 Å². The van der Waals surface area contributed by atoms with Gasteiger partial charge < -0.3 is 20.1 Å². The first kappa shape index (κ1) is 19.1. The lowest BCUT2D eigenvalue weighted by Gasteiger charge is -2.29. The molecule has 0 bridgehead atoms. The molecule has 4 rings (SSSR count). The molecule has 0 saturated carbocycles. The molecule has 29 heavy (non-hydrogen) atoms. The number of benzene rings is 1. The van der Waals surface area contributed by atoms with Crippen molar-refractivity contribution in [1.82, 2.24) is 20.0 Å². The van der Waals surface area contributed by atoms with Gasteiger partial charge in [0.15, 0.2) is 0 Å². The molecule has 2 aromatic rings. The molecule has 2 aliphatic heterocycles. The summed E-state index contributed by atoms with van der Waals surface area (Å²) in [6.07, 6.45) is -1.27. The monoisotopic (exact) mass is 396 g/mol. The molecule has 2 aliphatic rings. The number of carbonyl (C=O) groups is 2. The Bertz CT molecular complexity index is 1010. The van der Waals surface area contributed by atoms with E-state index in [0.29, 0.717) is 54.4 Å². The third kappa shape index (κ3) is 3.84. The van der Waals surface area contributed by atoms with Crippen LogP contribution in [0.25, 0.3) is 11.3 Å². The highest BCUT2D eigenvalue weighted by atomic mass is 16.6. The second-order valence-corrected chi connectivity index (χ2v) is 6.96. The summed E-state index contributed by atoms with van der Waals surface area (Å²) in [5.41, 5.74) is 2.49. The topological polar surface area (TPSA) is 133 Å². The van der Waals surface area contributed by atoms with Gasteiger partial charge >= 0.3 is 0 Å². The number of carbonyl (C=O) groups excluding carboxylic acids is 2. The predicted molar refractivity (Wildman–Crippen MR) is 101 cm³/mol. The van der Waals surface area contributed by atoms with Crippen LogP contribution in [-0.4, -0.2) is 63.8 Å². The van der Waals surface area contributed by atoms with Gasteiger partial charge in [0.1, 0.15) is 5.69 Å². The highest BCUT2D eigenvalue weighted by molar-refractivity contribution is 5.97. The molecule has 1 saturated heterocycles. The lowest BCUT2D eigenvalue weighted by atomic mass is 10.1. The molecule has 1 unspecified atom stereocenters. The van der Waals surface area contributed by atoms with E-state index < -0.39 is 6.41 Å². The molecule has 10 heteroatoms. The number of hydrogen-bond acceptors (Lipinski definition) is 7. The first-order chi connectivity index (χ1) is 13.9. The van der Waals surface area contributed by atoms with E-state index in [1.54, 1.807) is 33.8 Å². The molecule has 1 aromatic carbocycles. The third-order valence-corrected chi connectivity index (χ3v) is 4.87. The molecular formula is C19H20N6O4. The number of anilines is 1. The maximum atomic E-state index is 12.9. The minimum atomic E-state index is -0.999. The summed E-state index contributed by atoms with van der Waals surface area (Å²) in [6, 6.07) is 8.66. The SMILES string of the molecule is CC(=O)Nc1cc(C#N)ccc1-c1cc2n(n1)CCN(C[C@H]1CNC(O)O1)C2=O. The van der Waals surface area contributed by atoms with Crippen LogP contribution in [0.2, 0.25) is 0 Å². The molecular weight excluding hydrogens is 376 g/mol. The Labute approximate surface area is 166 Å². The number of aliphatic hydroxyl groups is 1. The Morgan fingerprint density at radius 2 is 2.28 bits per heavy atom. The number of nitrogens with zero attached hydrogens (tertiary/aromatic N) is 4. The summed E-state index contributed by atoms with van der Waals surface area (Å²) in [5, 5.41) is 28.5. The Hall–Kier alpha value is -3.26. The van der Waals surface area contributed by atoms with E-state index in [0.717, 1.165) is 0 Å². The van der Waals surface area contributed by atoms with Crippen LogP contribution in [0.1, 0.15) is 23.0 Å². The minimum absolute atomic E-state index is 0.172. The van der Waals surface area contributed by atoms with Gasteiger partial charge in [0.05, 0.1) is 35.7 Å². The zero-order valence-corrected chi connectivity index (χ0v) is 15.8. The minimum Gasteiger partial charge on any atom is -0.356 e. The van der Waals surface area contributed by atoms with Crippen LogP contribution < -0.4 is 10.6 Å². The Kier molecular flexibility index (Phi) is 5.02. The number of nitriles is 1. The normalized spacial score (nSPS) is 21.0. The van der Waals surface area contributed by atoms with Crippen LogP contribution in [0.3, 0.4) is 0 Å². The maximum Gasteiger partial charge on any atom is 0.272 e. The number of hydrogen-bond donors (Lipinski definition) is 3. The molecule has 1 aromatic heterocycles. The summed E-state index contributed by atoms with van der Waals surface area (Å²) in [7, 11) is 0. The van der Waals surface area contributed by atoms with Crippen molar-refractivity contribution in [1.29, 1.82) is 5.26 Å². The predicted octanol–water partition coefficient (Wildman–Crippen LogP) is 0.100. The first-order valence-corrected chi connectivity index (χ1v) is 9.21. The summed E-state index contributed by atoms with van der Waals surface area (Å²) in [5.74, 6) is -0.436. The summed E-state index contributed by atoms with van der Waals surface area (Å²) < 4.78 is 6.96. The molecule has 150 valence electrons. The van der Waals surface area contributed by atoms with E-state index in [2.05, 4.69) is 15.7 Å². The van der Waals surface area contributed by atoms with Crippen LogP contribution in [0.15, 0.2) is 24.3 Å². The zero-order chi connectivity index (χ0) is 20.5. The van der Waals surface area contributed by atoms with Crippen molar-refractivity contribution in [3.63, 3.8) is 0 Å². The largest absolute Gasteiger partial charge is 0.356 e. The van der Waals surface area contributed by atoms with E-state index in [9.17, 15) is 14.7 Å². The van der Waals surface area contributed by atoms with Gasteiger partial charge in [0.25, 0.3) is 5.91 Å². The number of rotatable bonds is 4. The molecule has 0 radical (unpaired) electrons. The Morgan fingerprint density at radius 3 is 2.97 bits per heavy atom. The van der Waals surface area contributed by atoms with Crippen molar-refractivity contribution in [2.24, 2.45) is 0 Å². The molecule has 1 fully saturated rings. The van der Waals surface area contributed by atoms with Crippen LogP contribution in [0.4, 0.5) is 5.69 Å². The molecule has 0 spiro atoms. The van der Waals surface area contributed by atoms with Crippen LogP contribution in [0, 0.1) is 11.3 Å². The van der Waals surface area contributed by atoms with E-state index in [4.69, 9.17) is 10.00 Å². The van der Waals surface area contributed by atoms with Gasteiger partial charge in [-0.2, -0.15) is 10.4 Å². The lowest BCUT2D eigenvalue weighted by Crippen LogP contribution is -2.44. The second kappa shape index (κ2) is 7.63. The van der Waals surface area contributed by atoms with Gasteiger partial charge in [-0.15, -0.1) is 0 Å². The van der Waals surface area contributed by atoms with E-state index in [-0.39, 0.29) is 17.9 Å². The van der Waals surface area contributed by atoms with Gasteiger partial charge in [-0.05, 0) is 24.3 Å². The summed E-state index contributed by atoms with van der Waals surface area (Å²) >= 11 is 0. The lowest BCUT2D eigenvalue weighted by molar-refractivity contribution is -0.114. The van der Waals surface area contributed by atoms with Gasteiger partial charge in [-0.25, -0.2) is 0 Å². The number of aliphatic hydroxyl groups excluding tert-OH is 1. The van der Waals surface area contributed by atoms with E-state index >= 15 is 0 Å². The van der Waals surface area contributed by atoms with Crippen LogP contribution in [-0.2, 0) is 16.1 Å². The smallest absolute Gasteiger partial charge is 0.272 e. The van der Waals surface area contributed by atoms with Crippen molar-refractivity contribution in [3.05, 3.63) is 35.5 Å². The van der Waals surface area contributed by atoms with Gasteiger partial charge in [0, 0.05) is 32.1 Å². The second-order valence-electron chi connectivity index (χ2n) is 6.96. The summed E-state index contributed by atoms with van der Waals surface area (Å²) in [4.78, 5) is 26.1. The average molecular weight is 396 g/mol. The van der Waals surface area contributed by atoms with Crippen molar-refractivity contribution >= 4 is 17.5 Å². The van der Waals surface area contributed by atoms with E-state index in [1.165, 1.54) is 6.92 Å². The fourth-order valence-electron chi connectivity index (χ4n) is 3.54. The molecule has 2 atom stereocenters. The van der Waals surface area contributed by atoms with Crippen LogP contribution >= 0.6 is 0 Å². The molecule has 10 nitrogen and oxygen atoms in total.